The van der Waals surface area contributed by atoms with Gasteiger partial charge in [-0.1, -0.05) is 0 Å². The first-order valence-corrected chi connectivity index (χ1v) is 8.59. The molecule has 0 bridgehead atoms. The molecule has 1 saturated carbocycles. The van der Waals surface area contributed by atoms with Gasteiger partial charge in [0.05, 0.1) is 12.0 Å². The first-order valence-electron chi connectivity index (χ1n) is 8.15. The molecule has 2 aliphatic rings. The van der Waals surface area contributed by atoms with Crippen molar-refractivity contribution in [1.82, 2.24) is 9.88 Å². The molecular formula is C18H20N2O3S. The number of fused-ring (bicyclic) bond motifs is 1. The molecule has 6 heteroatoms. The lowest BCUT2D eigenvalue weighted by molar-refractivity contribution is 0.0724. The maximum Gasteiger partial charge on any atom is 0.275 e. The number of carbonyl (C=O) groups is 1. The Labute approximate surface area is 146 Å². The highest BCUT2D eigenvalue weighted by Crippen LogP contribution is 2.43. The van der Waals surface area contributed by atoms with Gasteiger partial charge < -0.3 is 14.1 Å². The van der Waals surface area contributed by atoms with Crippen molar-refractivity contribution < 1.29 is 13.9 Å². The fourth-order valence-corrected chi connectivity index (χ4v) is 3.57. The van der Waals surface area contributed by atoms with E-state index < -0.39 is 5.41 Å². The number of nitrogens with zero attached hydrogens (tertiary/aromatic N) is 2. The zero-order valence-electron chi connectivity index (χ0n) is 13.8. The number of hydrogen-bond donors (Lipinski definition) is 1. The van der Waals surface area contributed by atoms with Gasteiger partial charge in [0, 0.05) is 24.1 Å². The van der Waals surface area contributed by atoms with E-state index in [1.165, 1.54) is 19.2 Å². The quantitative estimate of drug-likeness (QED) is 0.866. The summed E-state index contributed by atoms with van der Waals surface area (Å²) in [5.41, 5.74) is 0.837. The van der Waals surface area contributed by atoms with Gasteiger partial charge in [0.1, 0.15) is 11.5 Å². The standard InChI is InChI=1S/C18H20N2O3S/c1-18(9-20(2)17(21)15-16(18)23-10-19-15)13-7-12(24)5-6-14(13)22-8-11-3-4-11/h5-7,10-11,24H,3-4,8-9H2,1-2H3. The van der Waals surface area contributed by atoms with Crippen LogP contribution in [0.25, 0.3) is 0 Å². The third kappa shape index (κ3) is 2.49. The minimum absolute atomic E-state index is 0.112. The van der Waals surface area contributed by atoms with E-state index in [-0.39, 0.29) is 5.91 Å². The Bertz CT molecular complexity index is 799. The Morgan fingerprint density at radius 1 is 1.46 bits per heavy atom. The number of ether oxygens (including phenoxy) is 1. The van der Waals surface area contributed by atoms with Crippen LogP contribution < -0.4 is 4.74 Å². The third-order valence-corrected chi connectivity index (χ3v) is 5.18. The average molecular weight is 344 g/mol. The largest absolute Gasteiger partial charge is 0.493 e. The summed E-state index contributed by atoms with van der Waals surface area (Å²) in [6.07, 6.45) is 3.82. The highest BCUT2D eigenvalue weighted by molar-refractivity contribution is 7.80. The van der Waals surface area contributed by atoms with E-state index in [1.54, 1.807) is 11.9 Å². The number of aromatic nitrogens is 1. The predicted molar refractivity (Wildman–Crippen MR) is 91.8 cm³/mol. The van der Waals surface area contributed by atoms with Crippen molar-refractivity contribution in [2.24, 2.45) is 5.92 Å². The van der Waals surface area contributed by atoms with Gasteiger partial charge in [-0.05, 0) is 43.9 Å². The number of likely N-dealkylation sites (N-methyl/N-ethyl adjacent to an activating group) is 1. The number of benzene rings is 1. The van der Waals surface area contributed by atoms with E-state index in [0.717, 1.165) is 22.8 Å². The Morgan fingerprint density at radius 3 is 3.00 bits per heavy atom. The first-order chi connectivity index (χ1) is 11.5. The van der Waals surface area contributed by atoms with Crippen LogP contribution in [0.2, 0.25) is 0 Å². The normalized spacial score (nSPS) is 23.3. The van der Waals surface area contributed by atoms with E-state index in [9.17, 15) is 4.79 Å². The fraction of sp³-hybridized carbons (Fsp3) is 0.444. The molecule has 1 aliphatic heterocycles. The summed E-state index contributed by atoms with van der Waals surface area (Å²) in [7, 11) is 1.79. The molecule has 0 saturated heterocycles. The van der Waals surface area contributed by atoms with Crippen LogP contribution in [0, 0.1) is 5.92 Å². The second kappa shape index (κ2) is 5.55. The van der Waals surface area contributed by atoms with Crippen LogP contribution in [0.1, 0.15) is 41.6 Å². The predicted octanol–water partition coefficient (Wildman–Crippen LogP) is 3.14. The second-order valence-electron chi connectivity index (χ2n) is 6.96. The number of hydrogen-bond acceptors (Lipinski definition) is 5. The zero-order valence-corrected chi connectivity index (χ0v) is 14.7. The van der Waals surface area contributed by atoms with Gasteiger partial charge in [-0.2, -0.15) is 0 Å². The molecule has 2 aromatic rings. The van der Waals surface area contributed by atoms with Gasteiger partial charge in [0.25, 0.3) is 5.91 Å². The fourth-order valence-electron chi connectivity index (χ4n) is 3.36. The molecule has 1 aliphatic carbocycles. The van der Waals surface area contributed by atoms with Crippen molar-refractivity contribution >= 4 is 18.5 Å². The molecule has 5 nitrogen and oxygen atoms in total. The average Bonchev–Trinajstić information content (AvgIpc) is 3.24. The molecule has 1 fully saturated rings. The molecule has 0 radical (unpaired) electrons. The topological polar surface area (TPSA) is 55.6 Å². The van der Waals surface area contributed by atoms with Gasteiger partial charge in [-0.3, -0.25) is 4.79 Å². The van der Waals surface area contributed by atoms with Gasteiger partial charge >= 0.3 is 0 Å². The molecule has 0 spiro atoms. The molecule has 24 heavy (non-hydrogen) atoms. The number of carbonyl (C=O) groups excluding carboxylic acids is 1. The van der Waals surface area contributed by atoms with Crippen molar-refractivity contribution in [3.63, 3.8) is 0 Å². The minimum atomic E-state index is -0.522. The lowest BCUT2D eigenvalue weighted by Gasteiger charge is -2.37. The molecule has 126 valence electrons. The zero-order chi connectivity index (χ0) is 16.9. The van der Waals surface area contributed by atoms with Crippen molar-refractivity contribution in [3.05, 3.63) is 41.6 Å². The summed E-state index contributed by atoms with van der Waals surface area (Å²) in [5.74, 6) is 1.98. The van der Waals surface area contributed by atoms with Gasteiger partial charge in [0.2, 0.25) is 0 Å². The van der Waals surface area contributed by atoms with E-state index in [2.05, 4.69) is 24.5 Å². The van der Waals surface area contributed by atoms with Crippen LogP contribution in [0.4, 0.5) is 0 Å². The Hall–Kier alpha value is -1.95. The van der Waals surface area contributed by atoms with Crippen LogP contribution in [-0.2, 0) is 5.41 Å². The number of thiol groups is 1. The maximum atomic E-state index is 12.3. The lowest BCUT2D eigenvalue weighted by atomic mass is 9.76. The molecule has 2 heterocycles. The molecule has 1 atom stereocenters. The summed E-state index contributed by atoms with van der Waals surface area (Å²) >= 11 is 4.49. The van der Waals surface area contributed by atoms with Crippen LogP contribution in [0.3, 0.4) is 0 Å². The number of amides is 1. The van der Waals surface area contributed by atoms with E-state index >= 15 is 0 Å². The Kier molecular flexibility index (Phi) is 3.60. The van der Waals surface area contributed by atoms with Crippen molar-refractivity contribution in [1.29, 1.82) is 0 Å². The molecule has 0 N–H and O–H groups in total. The number of oxazole rings is 1. The molecule has 1 aromatic heterocycles. The van der Waals surface area contributed by atoms with Crippen molar-refractivity contribution in [3.8, 4) is 5.75 Å². The highest BCUT2D eigenvalue weighted by atomic mass is 32.1. The summed E-state index contributed by atoms with van der Waals surface area (Å²) in [4.78, 5) is 19.0. The van der Waals surface area contributed by atoms with E-state index in [1.807, 2.05) is 18.2 Å². The molecule has 1 amide bonds. The minimum Gasteiger partial charge on any atom is -0.493 e. The van der Waals surface area contributed by atoms with Crippen LogP contribution >= 0.6 is 12.6 Å². The van der Waals surface area contributed by atoms with Crippen LogP contribution in [0.5, 0.6) is 5.75 Å². The maximum absolute atomic E-state index is 12.3. The highest BCUT2D eigenvalue weighted by Gasteiger charge is 2.45. The Balaban J connectivity index is 1.80. The Morgan fingerprint density at radius 2 is 2.25 bits per heavy atom. The molecule has 4 rings (SSSR count). The second-order valence-corrected chi connectivity index (χ2v) is 7.47. The van der Waals surface area contributed by atoms with Crippen molar-refractivity contribution in [2.75, 3.05) is 20.2 Å². The molecule has 1 unspecified atom stereocenters. The monoisotopic (exact) mass is 344 g/mol. The van der Waals surface area contributed by atoms with Gasteiger partial charge in [-0.15, -0.1) is 12.6 Å². The summed E-state index contributed by atoms with van der Waals surface area (Å²) in [5, 5.41) is 0. The van der Waals surface area contributed by atoms with Crippen LogP contribution in [0.15, 0.2) is 33.9 Å². The summed E-state index contributed by atoms with van der Waals surface area (Å²) in [6, 6.07) is 5.89. The third-order valence-electron chi connectivity index (χ3n) is 4.90. The lowest BCUT2D eigenvalue weighted by Crippen LogP contribution is -2.46. The van der Waals surface area contributed by atoms with Crippen molar-refractivity contribution in [2.45, 2.75) is 30.1 Å². The summed E-state index contributed by atoms with van der Waals surface area (Å²) in [6.45, 7) is 3.30. The summed E-state index contributed by atoms with van der Waals surface area (Å²) < 4.78 is 11.7. The van der Waals surface area contributed by atoms with Gasteiger partial charge in [-0.25, -0.2) is 4.98 Å². The van der Waals surface area contributed by atoms with E-state index in [4.69, 9.17) is 9.15 Å². The van der Waals surface area contributed by atoms with Crippen LogP contribution in [-0.4, -0.2) is 36.0 Å². The number of rotatable bonds is 4. The SMILES string of the molecule is CN1CC(C)(c2cc(S)ccc2OCC2CC2)c2ocnc2C1=O. The molecule has 1 aromatic carbocycles. The van der Waals surface area contributed by atoms with E-state index in [0.29, 0.717) is 23.9 Å². The smallest absolute Gasteiger partial charge is 0.275 e. The van der Waals surface area contributed by atoms with Gasteiger partial charge in [0.15, 0.2) is 12.1 Å². The molecular weight excluding hydrogens is 324 g/mol. The first kappa shape index (κ1) is 15.6.